The van der Waals surface area contributed by atoms with Gasteiger partial charge in [-0.3, -0.25) is 0 Å². The van der Waals surface area contributed by atoms with E-state index in [2.05, 4.69) is 11.8 Å². The number of nitrogens with zero attached hydrogens (tertiary/aromatic N) is 1. The minimum absolute atomic E-state index is 0.204. The first-order valence-corrected chi connectivity index (χ1v) is 7.88. The smallest absolute Gasteiger partial charge is 0.126 e. The molecule has 2 unspecified atom stereocenters. The zero-order valence-electron chi connectivity index (χ0n) is 11.9. The molecule has 3 rings (SSSR count). The summed E-state index contributed by atoms with van der Waals surface area (Å²) in [5.74, 6) is 0.804. The van der Waals surface area contributed by atoms with Gasteiger partial charge in [0.2, 0.25) is 0 Å². The van der Waals surface area contributed by atoms with E-state index in [-0.39, 0.29) is 5.60 Å². The molecule has 2 aliphatic heterocycles. The summed E-state index contributed by atoms with van der Waals surface area (Å²) in [6.45, 7) is 5.47. The summed E-state index contributed by atoms with van der Waals surface area (Å²) in [4.78, 5) is 2.46. The van der Waals surface area contributed by atoms with Crippen LogP contribution in [0.2, 0.25) is 5.02 Å². The third kappa shape index (κ3) is 2.67. The molecule has 1 aromatic carbocycles. The molecule has 1 fully saturated rings. The summed E-state index contributed by atoms with van der Waals surface area (Å²) in [6.07, 6.45) is 3.34. The molecule has 110 valence electrons. The summed E-state index contributed by atoms with van der Waals surface area (Å²) in [5, 5.41) is 11.1. The van der Waals surface area contributed by atoms with E-state index < -0.39 is 6.10 Å². The molecule has 2 atom stereocenters. The van der Waals surface area contributed by atoms with Crippen LogP contribution in [-0.2, 0) is 0 Å². The Morgan fingerprint density at radius 3 is 3.05 bits per heavy atom. The molecule has 1 aromatic rings. The van der Waals surface area contributed by atoms with Crippen LogP contribution in [0.15, 0.2) is 18.2 Å². The van der Waals surface area contributed by atoms with Crippen molar-refractivity contribution in [2.24, 2.45) is 0 Å². The van der Waals surface area contributed by atoms with E-state index in [1.165, 1.54) is 0 Å². The quantitative estimate of drug-likeness (QED) is 0.862. The summed E-state index contributed by atoms with van der Waals surface area (Å²) in [6, 6.07) is 5.55. The van der Waals surface area contributed by atoms with E-state index in [9.17, 15) is 5.11 Å². The largest absolute Gasteiger partial charge is 0.487 e. The van der Waals surface area contributed by atoms with Gasteiger partial charge < -0.3 is 14.7 Å². The van der Waals surface area contributed by atoms with Crippen LogP contribution in [0.1, 0.15) is 44.3 Å². The second-order valence-electron chi connectivity index (χ2n) is 5.97. The van der Waals surface area contributed by atoms with Crippen molar-refractivity contribution in [3.8, 4) is 5.75 Å². The number of rotatable bonds is 1. The maximum absolute atomic E-state index is 10.5. The number of halogens is 1. The standard InChI is InChI=1S/C16H22ClNO2/c1-2-18-8-3-6-16(7-9-18)11-14(19)13-10-12(17)4-5-15(13)20-16/h4-5,10,14,19H,2-3,6-9,11H2,1H3. The van der Waals surface area contributed by atoms with Crippen LogP contribution in [0.5, 0.6) is 5.75 Å². The van der Waals surface area contributed by atoms with Crippen molar-refractivity contribution < 1.29 is 9.84 Å². The van der Waals surface area contributed by atoms with E-state index in [4.69, 9.17) is 16.3 Å². The summed E-state index contributed by atoms with van der Waals surface area (Å²) >= 11 is 6.01. The predicted octanol–water partition coefficient (Wildman–Crippen LogP) is 3.40. The molecule has 2 heterocycles. The van der Waals surface area contributed by atoms with Crippen LogP contribution in [0.4, 0.5) is 0 Å². The van der Waals surface area contributed by atoms with Gasteiger partial charge in [0, 0.05) is 23.6 Å². The maximum Gasteiger partial charge on any atom is 0.126 e. The normalized spacial score (nSPS) is 30.6. The van der Waals surface area contributed by atoms with E-state index in [0.717, 1.165) is 50.2 Å². The zero-order chi connectivity index (χ0) is 14.2. The maximum atomic E-state index is 10.5. The summed E-state index contributed by atoms with van der Waals surface area (Å²) in [7, 11) is 0. The first-order valence-electron chi connectivity index (χ1n) is 7.51. The van der Waals surface area contributed by atoms with Crippen LogP contribution < -0.4 is 4.74 Å². The Balaban J connectivity index is 1.85. The van der Waals surface area contributed by atoms with Gasteiger partial charge in [-0.1, -0.05) is 18.5 Å². The average molecular weight is 296 g/mol. The highest BCUT2D eigenvalue weighted by Gasteiger charge is 2.41. The van der Waals surface area contributed by atoms with Gasteiger partial charge in [0.05, 0.1) is 6.10 Å². The molecule has 1 saturated heterocycles. The molecule has 2 aliphatic rings. The molecule has 20 heavy (non-hydrogen) atoms. The minimum atomic E-state index is -0.467. The van der Waals surface area contributed by atoms with Gasteiger partial charge >= 0.3 is 0 Å². The van der Waals surface area contributed by atoms with E-state index in [1.54, 1.807) is 0 Å². The fraction of sp³-hybridized carbons (Fsp3) is 0.625. The lowest BCUT2D eigenvalue weighted by Gasteiger charge is -2.40. The third-order valence-corrected chi connectivity index (χ3v) is 4.90. The van der Waals surface area contributed by atoms with Crippen LogP contribution in [0, 0.1) is 0 Å². The Labute approximate surface area is 125 Å². The van der Waals surface area contributed by atoms with Crippen LogP contribution in [0.3, 0.4) is 0 Å². The van der Waals surface area contributed by atoms with E-state index >= 15 is 0 Å². The fourth-order valence-electron chi connectivity index (χ4n) is 3.46. The Morgan fingerprint density at radius 2 is 2.25 bits per heavy atom. The Morgan fingerprint density at radius 1 is 1.40 bits per heavy atom. The second kappa shape index (κ2) is 5.55. The van der Waals surface area contributed by atoms with Gasteiger partial charge in [-0.15, -0.1) is 0 Å². The number of likely N-dealkylation sites (tertiary alicyclic amines) is 1. The van der Waals surface area contributed by atoms with Crippen LogP contribution in [0.25, 0.3) is 0 Å². The Hall–Kier alpha value is -0.770. The fourth-order valence-corrected chi connectivity index (χ4v) is 3.64. The van der Waals surface area contributed by atoms with Gasteiger partial charge in [-0.25, -0.2) is 0 Å². The lowest BCUT2D eigenvalue weighted by molar-refractivity contribution is -0.0238. The molecule has 0 bridgehead atoms. The molecule has 0 aromatic heterocycles. The number of benzene rings is 1. The number of ether oxygens (including phenoxy) is 1. The Bertz CT molecular complexity index is 493. The third-order valence-electron chi connectivity index (χ3n) is 4.66. The van der Waals surface area contributed by atoms with Gasteiger partial charge in [-0.05, 0) is 50.6 Å². The average Bonchev–Trinajstić information content (AvgIpc) is 2.62. The lowest BCUT2D eigenvalue weighted by Crippen LogP contribution is -2.42. The van der Waals surface area contributed by atoms with Crippen LogP contribution in [-0.4, -0.2) is 35.2 Å². The van der Waals surface area contributed by atoms with E-state index in [1.807, 2.05) is 18.2 Å². The predicted molar refractivity (Wildman–Crippen MR) is 80.4 cm³/mol. The molecule has 4 heteroatoms. The van der Waals surface area contributed by atoms with Gasteiger partial charge in [0.1, 0.15) is 11.4 Å². The monoisotopic (exact) mass is 295 g/mol. The number of aliphatic hydroxyl groups is 1. The first kappa shape index (κ1) is 14.2. The molecule has 0 amide bonds. The molecule has 0 aliphatic carbocycles. The number of hydrogen-bond acceptors (Lipinski definition) is 3. The van der Waals surface area contributed by atoms with Crippen molar-refractivity contribution in [1.29, 1.82) is 0 Å². The van der Waals surface area contributed by atoms with E-state index in [0.29, 0.717) is 11.4 Å². The van der Waals surface area contributed by atoms with Crippen LogP contribution >= 0.6 is 11.6 Å². The van der Waals surface area contributed by atoms with Crippen molar-refractivity contribution in [3.63, 3.8) is 0 Å². The Kier molecular flexibility index (Phi) is 3.93. The molecule has 0 saturated carbocycles. The summed E-state index contributed by atoms with van der Waals surface area (Å²) in [5.41, 5.74) is 0.629. The highest BCUT2D eigenvalue weighted by Crippen LogP contribution is 2.44. The van der Waals surface area contributed by atoms with Crippen molar-refractivity contribution in [3.05, 3.63) is 28.8 Å². The van der Waals surface area contributed by atoms with Gasteiger partial charge in [0.15, 0.2) is 0 Å². The molecular formula is C16H22ClNO2. The van der Waals surface area contributed by atoms with Crippen molar-refractivity contribution in [1.82, 2.24) is 4.90 Å². The topological polar surface area (TPSA) is 32.7 Å². The van der Waals surface area contributed by atoms with Gasteiger partial charge in [-0.2, -0.15) is 0 Å². The first-order chi connectivity index (χ1) is 9.62. The number of hydrogen-bond donors (Lipinski definition) is 1. The zero-order valence-corrected chi connectivity index (χ0v) is 12.7. The van der Waals surface area contributed by atoms with Crippen molar-refractivity contribution in [2.75, 3.05) is 19.6 Å². The second-order valence-corrected chi connectivity index (χ2v) is 6.41. The number of fused-ring (bicyclic) bond motifs is 1. The number of aliphatic hydroxyl groups excluding tert-OH is 1. The SMILES string of the molecule is CCN1CCCC2(CC1)CC(O)c1cc(Cl)ccc1O2. The summed E-state index contributed by atoms with van der Waals surface area (Å²) < 4.78 is 6.31. The van der Waals surface area contributed by atoms with Gasteiger partial charge in [0.25, 0.3) is 0 Å². The molecular weight excluding hydrogens is 274 g/mol. The molecule has 1 spiro atoms. The minimum Gasteiger partial charge on any atom is -0.487 e. The highest BCUT2D eigenvalue weighted by atomic mass is 35.5. The highest BCUT2D eigenvalue weighted by molar-refractivity contribution is 6.30. The van der Waals surface area contributed by atoms with Crippen molar-refractivity contribution in [2.45, 2.75) is 44.3 Å². The molecule has 1 N–H and O–H groups in total. The lowest BCUT2D eigenvalue weighted by atomic mass is 9.83. The molecule has 3 nitrogen and oxygen atoms in total. The van der Waals surface area contributed by atoms with Crippen molar-refractivity contribution >= 4 is 11.6 Å². The molecule has 0 radical (unpaired) electrons.